The van der Waals surface area contributed by atoms with Crippen molar-refractivity contribution in [3.05, 3.63) is 49.1 Å². The van der Waals surface area contributed by atoms with Crippen molar-refractivity contribution < 1.29 is 4.79 Å². The number of rotatable bonds is 3. The second-order valence-electron chi connectivity index (χ2n) is 4.30. The zero-order valence-electron chi connectivity index (χ0n) is 11.3. The quantitative estimate of drug-likeness (QED) is 0.789. The van der Waals surface area contributed by atoms with Crippen LogP contribution in [0.15, 0.2) is 49.1 Å². The zero-order chi connectivity index (χ0) is 14.7. The van der Waals surface area contributed by atoms with E-state index in [9.17, 15) is 4.79 Å². The summed E-state index contributed by atoms with van der Waals surface area (Å²) >= 11 is 0. The lowest BCUT2D eigenvalue weighted by Crippen LogP contribution is -2.10. The fraction of sp³-hybridized carbons (Fsp3) is 0.0714. The number of carbonyl (C=O) groups excluding carboxylic acids is 1. The van der Waals surface area contributed by atoms with Crippen LogP contribution in [-0.2, 0) is 4.79 Å². The van der Waals surface area contributed by atoms with Crippen LogP contribution in [0.2, 0.25) is 0 Å². The Morgan fingerprint density at radius 3 is 2.67 bits per heavy atom. The van der Waals surface area contributed by atoms with Gasteiger partial charge in [0.05, 0.1) is 0 Å². The van der Waals surface area contributed by atoms with Gasteiger partial charge in [0.25, 0.3) is 0 Å². The Morgan fingerprint density at radius 1 is 1.19 bits per heavy atom. The normalized spacial score (nSPS) is 10.3. The molecule has 104 valence electrons. The summed E-state index contributed by atoms with van der Waals surface area (Å²) in [5.74, 6) is 1.30. The van der Waals surface area contributed by atoms with Gasteiger partial charge < -0.3 is 5.32 Å². The number of hydrogen-bond acceptors (Lipinski definition) is 5. The van der Waals surface area contributed by atoms with E-state index in [4.69, 9.17) is 0 Å². The molecule has 0 aromatic carbocycles. The minimum Gasteiger partial charge on any atom is -0.311 e. The third-order valence-electron chi connectivity index (χ3n) is 2.69. The minimum atomic E-state index is -0.194. The highest BCUT2D eigenvalue weighted by molar-refractivity contribution is 5.88. The summed E-state index contributed by atoms with van der Waals surface area (Å²) in [6.07, 6.45) is 6.76. The Bertz CT molecular complexity index is 754. The topological polar surface area (TPSA) is 85.6 Å². The van der Waals surface area contributed by atoms with Crippen LogP contribution in [0.4, 0.5) is 5.82 Å². The van der Waals surface area contributed by atoms with Crippen LogP contribution in [-0.4, -0.2) is 30.6 Å². The fourth-order valence-corrected chi connectivity index (χ4v) is 1.83. The Morgan fingerprint density at radius 2 is 2.00 bits per heavy atom. The summed E-state index contributed by atoms with van der Waals surface area (Å²) in [7, 11) is 0. The standard InChI is InChI=1S/C14H12N6O/c1-10(21)17-12-9-13(20-8-2-5-16-20)19-14(18-12)11-3-6-15-7-4-11/h2-9H,1H3,(H,17,18,19,21). The summed E-state index contributed by atoms with van der Waals surface area (Å²) in [6.45, 7) is 1.43. The van der Waals surface area contributed by atoms with E-state index in [0.29, 0.717) is 17.5 Å². The first-order chi connectivity index (χ1) is 10.2. The van der Waals surface area contributed by atoms with Gasteiger partial charge >= 0.3 is 0 Å². The van der Waals surface area contributed by atoms with Crippen molar-refractivity contribution >= 4 is 11.7 Å². The van der Waals surface area contributed by atoms with Gasteiger partial charge in [-0.2, -0.15) is 5.10 Å². The number of hydrogen-bond donors (Lipinski definition) is 1. The lowest BCUT2D eigenvalue weighted by molar-refractivity contribution is -0.114. The van der Waals surface area contributed by atoms with Crippen molar-refractivity contribution in [2.45, 2.75) is 6.92 Å². The van der Waals surface area contributed by atoms with Gasteiger partial charge in [-0.25, -0.2) is 14.6 Å². The zero-order valence-corrected chi connectivity index (χ0v) is 11.3. The largest absolute Gasteiger partial charge is 0.311 e. The summed E-state index contributed by atoms with van der Waals surface area (Å²) in [5.41, 5.74) is 0.811. The molecule has 0 atom stereocenters. The highest BCUT2D eigenvalue weighted by Crippen LogP contribution is 2.18. The highest BCUT2D eigenvalue weighted by atomic mass is 16.1. The minimum absolute atomic E-state index is 0.194. The first-order valence-electron chi connectivity index (χ1n) is 6.29. The van der Waals surface area contributed by atoms with Crippen molar-refractivity contribution in [3.63, 3.8) is 0 Å². The lowest BCUT2D eigenvalue weighted by atomic mass is 10.2. The molecule has 21 heavy (non-hydrogen) atoms. The SMILES string of the molecule is CC(=O)Nc1cc(-n2cccn2)nc(-c2ccncc2)n1. The van der Waals surface area contributed by atoms with Crippen LogP contribution in [0, 0.1) is 0 Å². The van der Waals surface area contributed by atoms with Crippen LogP contribution in [0.3, 0.4) is 0 Å². The van der Waals surface area contributed by atoms with E-state index in [2.05, 4.69) is 25.4 Å². The average Bonchev–Trinajstić information content (AvgIpc) is 3.01. The van der Waals surface area contributed by atoms with Gasteiger partial charge in [0, 0.05) is 43.3 Å². The Labute approximate surface area is 120 Å². The van der Waals surface area contributed by atoms with Gasteiger partial charge in [-0.3, -0.25) is 9.78 Å². The lowest BCUT2D eigenvalue weighted by Gasteiger charge is -2.08. The van der Waals surface area contributed by atoms with E-state index >= 15 is 0 Å². The van der Waals surface area contributed by atoms with Gasteiger partial charge in [0.2, 0.25) is 5.91 Å². The molecule has 3 aromatic heterocycles. The molecule has 7 nitrogen and oxygen atoms in total. The van der Waals surface area contributed by atoms with E-state index in [-0.39, 0.29) is 5.91 Å². The predicted molar refractivity (Wildman–Crippen MR) is 76.7 cm³/mol. The predicted octanol–water partition coefficient (Wildman–Crippen LogP) is 1.68. The maximum Gasteiger partial charge on any atom is 0.222 e. The van der Waals surface area contributed by atoms with Crippen LogP contribution in [0.5, 0.6) is 0 Å². The molecule has 7 heteroatoms. The van der Waals surface area contributed by atoms with Gasteiger partial charge in [0.15, 0.2) is 11.6 Å². The van der Waals surface area contributed by atoms with Gasteiger partial charge in [-0.1, -0.05) is 0 Å². The Balaban J connectivity index is 2.11. The third kappa shape index (κ3) is 2.92. The first-order valence-corrected chi connectivity index (χ1v) is 6.29. The van der Waals surface area contributed by atoms with Crippen molar-refractivity contribution in [2.75, 3.05) is 5.32 Å². The van der Waals surface area contributed by atoms with Crippen molar-refractivity contribution in [2.24, 2.45) is 0 Å². The monoisotopic (exact) mass is 280 g/mol. The molecule has 3 aromatic rings. The van der Waals surface area contributed by atoms with E-state index in [1.165, 1.54) is 6.92 Å². The molecule has 0 bridgehead atoms. The molecule has 0 aliphatic rings. The van der Waals surface area contributed by atoms with Crippen LogP contribution in [0.25, 0.3) is 17.2 Å². The number of carbonyl (C=O) groups is 1. The molecule has 0 saturated heterocycles. The molecule has 0 aliphatic heterocycles. The number of aromatic nitrogens is 5. The smallest absolute Gasteiger partial charge is 0.222 e. The van der Waals surface area contributed by atoms with Crippen LogP contribution >= 0.6 is 0 Å². The van der Waals surface area contributed by atoms with Gasteiger partial charge in [-0.05, 0) is 18.2 Å². The first kappa shape index (κ1) is 12.9. The molecule has 0 unspecified atom stereocenters. The number of pyridine rings is 1. The highest BCUT2D eigenvalue weighted by Gasteiger charge is 2.09. The van der Waals surface area contributed by atoms with Crippen LogP contribution < -0.4 is 5.32 Å². The molecule has 3 heterocycles. The van der Waals surface area contributed by atoms with Gasteiger partial charge in [0.1, 0.15) is 5.82 Å². The molecule has 0 fully saturated rings. The van der Waals surface area contributed by atoms with Crippen molar-refractivity contribution in [1.82, 2.24) is 24.7 Å². The van der Waals surface area contributed by atoms with Crippen molar-refractivity contribution in [3.8, 4) is 17.2 Å². The Hall–Kier alpha value is -3.09. The molecule has 0 radical (unpaired) electrons. The van der Waals surface area contributed by atoms with Gasteiger partial charge in [-0.15, -0.1) is 0 Å². The third-order valence-corrected chi connectivity index (χ3v) is 2.69. The molecular weight excluding hydrogens is 268 g/mol. The molecule has 0 saturated carbocycles. The number of amides is 1. The molecule has 1 N–H and O–H groups in total. The summed E-state index contributed by atoms with van der Waals surface area (Å²) in [5, 5.41) is 6.81. The summed E-state index contributed by atoms with van der Waals surface area (Å²) < 4.78 is 1.61. The number of nitrogens with one attached hydrogen (secondary N) is 1. The second-order valence-corrected chi connectivity index (χ2v) is 4.30. The maximum absolute atomic E-state index is 11.3. The second kappa shape index (κ2) is 5.49. The van der Waals surface area contributed by atoms with Crippen molar-refractivity contribution in [1.29, 1.82) is 0 Å². The molecule has 0 spiro atoms. The molecule has 1 amide bonds. The van der Waals surface area contributed by atoms with E-state index < -0.39 is 0 Å². The molecular formula is C14H12N6O. The summed E-state index contributed by atoms with van der Waals surface area (Å²) in [6, 6.07) is 7.07. The Kier molecular flexibility index (Phi) is 3.38. The maximum atomic E-state index is 11.3. The fourth-order valence-electron chi connectivity index (χ4n) is 1.83. The van der Waals surface area contributed by atoms with Crippen LogP contribution in [0.1, 0.15) is 6.92 Å². The molecule has 0 aliphatic carbocycles. The van der Waals surface area contributed by atoms with E-state index in [1.54, 1.807) is 53.7 Å². The summed E-state index contributed by atoms with van der Waals surface area (Å²) in [4.78, 5) is 24.0. The number of anilines is 1. The van der Waals surface area contributed by atoms with E-state index in [0.717, 1.165) is 5.56 Å². The molecule has 3 rings (SSSR count). The number of nitrogens with zero attached hydrogens (tertiary/aromatic N) is 5. The average molecular weight is 280 g/mol. The van der Waals surface area contributed by atoms with E-state index in [1.807, 2.05) is 0 Å².